The van der Waals surface area contributed by atoms with Gasteiger partial charge in [0, 0.05) is 12.1 Å². The average Bonchev–Trinajstić information content (AvgIpc) is 1.63. The fraction of sp³-hybridized carbons (Fsp3) is 1.00. The van der Waals surface area contributed by atoms with Gasteiger partial charge in [0.15, 0.2) is 0 Å². The fourth-order valence-corrected chi connectivity index (χ4v) is 0.602. The molecule has 1 aliphatic rings. The molecule has 0 unspecified atom stereocenters. The van der Waals surface area contributed by atoms with Crippen molar-refractivity contribution in [1.29, 1.82) is 0 Å². The third-order valence-corrected chi connectivity index (χ3v) is 1.58. The lowest BCUT2D eigenvalue weighted by Crippen LogP contribution is -2.65. The van der Waals surface area contributed by atoms with Gasteiger partial charge in [-0.15, -0.1) is 12.4 Å². The number of hydrogen-bond acceptors (Lipinski definition) is 2. The summed E-state index contributed by atoms with van der Waals surface area (Å²) in [5, 5.41) is 12.0. The Morgan fingerprint density at radius 3 is 2.00 bits per heavy atom. The van der Waals surface area contributed by atoms with Crippen LogP contribution in [-0.4, -0.2) is 23.3 Å². The fourth-order valence-electron chi connectivity index (χ4n) is 0.602. The summed E-state index contributed by atoms with van der Waals surface area (Å²) >= 11 is 0. The summed E-state index contributed by atoms with van der Waals surface area (Å²) in [5.41, 5.74) is -0.0139. The summed E-state index contributed by atoms with van der Waals surface area (Å²) in [6, 6.07) is 0. The predicted octanol–water partition coefficient (Wildman–Crippen LogP) is 0.151. The molecule has 2 N–H and O–H groups in total. The van der Waals surface area contributed by atoms with Crippen LogP contribution < -0.4 is 5.32 Å². The van der Waals surface area contributed by atoms with Crippen LogP contribution in [-0.2, 0) is 0 Å². The van der Waals surface area contributed by atoms with Gasteiger partial charge < -0.3 is 10.4 Å². The molecule has 1 rings (SSSR count). The van der Waals surface area contributed by atoms with Crippen LogP contribution in [0.15, 0.2) is 0 Å². The second-order valence-electron chi connectivity index (χ2n) is 2.62. The normalized spacial score (nSPS) is 32.6. The van der Waals surface area contributed by atoms with E-state index in [0.29, 0.717) is 0 Å². The van der Waals surface area contributed by atoms with E-state index in [-0.39, 0.29) is 24.0 Å². The molecule has 1 saturated heterocycles. The van der Waals surface area contributed by atoms with Crippen molar-refractivity contribution in [3.63, 3.8) is 0 Å². The van der Waals surface area contributed by atoms with E-state index >= 15 is 0 Å². The molecule has 0 bridgehead atoms. The minimum absolute atomic E-state index is 0. The molecule has 0 spiro atoms. The number of hydrogen-bond donors (Lipinski definition) is 2. The molecule has 3 heteroatoms. The summed E-state index contributed by atoms with van der Waals surface area (Å²) in [6.07, 6.45) is -0.132. The van der Waals surface area contributed by atoms with E-state index in [2.05, 4.69) is 5.32 Å². The molecule has 1 heterocycles. The zero-order valence-electron chi connectivity index (χ0n) is 5.14. The summed E-state index contributed by atoms with van der Waals surface area (Å²) in [6.45, 7) is 4.73. The van der Waals surface area contributed by atoms with Gasteiger partial charge in [-0.1, -0.05) is 0 Å². The van der Waals surface area contributed by atoms with Crippen LogP contribution in [0, 0.1) is 0 Å². The zero-order valence-corrected chi connectivity index (χ0v) is 5.96. The number of halogens is 1. The molecule has 0 radical (unpaired) electrons. The van der Waals surface area contributed by atoms with Crippen molar-refractivity contribution >= 4 is 12.4 Å². The third-order valence-electron chi connectivity index (χ3n) is 1.58. The maximum atomic E-state index is 8.91. The Bertz CT molecular complexity index is 84.5. The first-order valence-electron chi connectivity index (χ1n) is 2.56. The topological polar surface area (TPSA) is 32.3 Å². The molecule has 50 valence electrons. The second kappa shape index (κ2) is 2.21. The Balaban J connectivity index is 0.000000490. The van der Waals surface area contributed by atoms with Crippen molar-refractivity contribution in [2.45, 2.75) is 25.5 Å². The lowest BCUT2D eigenvalue weighted by molar-refractivity contribution is 0.00925. The van der Waals surface area contributed by atoms with Crippen LogP contribution in [0.4, 0.5) is 0 Å². The number of aliphatic hydroxyl groups excluding tert-OH is 1. The highest BCUT2D eigenvalue weighted by molar-refractivity contribution is 5.85. The predicted molar refractivity (Wildman–Crippen MR) is 35.3 cm³/mol. The number of rotatable bonds is 0. The highest BCUT2D eigenvalue weighted by atomic mass is 35.5. The SMILES string of the molecule is CC1(C)NC[C@H]1O.Cl. The lowest BCUT2D eigenvalue weighted by atomic mass is 9.89. The van der Waals surface area contributed by atoms with Crippen molar-refractivity contribution < 1.29 is 5.11 Å². The first-order valence-corrected chi connectivity index (χ1v) is 2.56. The Kier molecular flexibility index (Phi) is 2.27. The molecule has 1 atom stereocenters. The molecule has 0 aromatic heterocycles. The minimum atomic E-state index is -0.132. The van der Waals surface area contributed by atoms with Crippen LogP contribution >= 0.6 is 12.4 Å². The van der Waals surface area contributed by atoms with Gasteiger partial charge in [0.25, 0.3) is 0 Å². The maximum absolute atomic E-state index is 8.91. The minimum Gasteiger partial charge on any atom is -0.390 e. The Labute approximate surface area is 55.7 Å². The largest absolute Gasteiger partial charge is 0.390 e. The summed E-state index contributed by atoms with van der Waals surface area (Å²) in [7, 11) is 0. The summed E-state index contributed by atoms with van der Waals surface area (Å²) in [4.78, 5) is 0. The second-order valence-corrected chi connectivity index (χ2v) is 2.62. The molecule has 1 fully saturated rings. The van der Waals surface area contributed by atoms with Crippen molar-refractivity contribution in [3.05, 3.63) is 0 Å². The molecule has 1 aliphatic heterocycles. The molecule has 2 nitrogen and oxygen atoms in total. The van der Waals surface area contributed by atoms with E-state index < -0.39 is 0 Å². The molecule has 0 aromatic rings. The first kappa shape index (κ1) is 8.21. The highest BCUT2D eigenvalue weighted by Crippen LogP contribution is 2.16. The van der Waals surface area contributed by atoms with Gasteiger partial charge in [-0.3, -0.25) is 0 Å². The Morgan fingerprint density at radius 1 is 1.62 bits per heavy atom. The molecular formula is C5H12ClNO. The van der Waals surface area contributed by atoms with Crippen molar-refractivity contribution in [1.82, 2.24) is 5.32 Å². The number of β-amino-alcohol motifs (C(OH)–C–C–N with tert-alkyl or cyclic N) is 1. The van der Waals surface area contributed by atoms with Crippen LogP contribution in [0.1, 0.15) is 13.8 Å². The molecule has 8 heavy (non-hydrogen) atoms. The molecule has 0 aliphatic carbocycles. The van der Waals surface area contributed by atoms with Gasteiger partial charge in [0.1, 0.15) is 0 Å². The standard InChI is InChI=1S/C5H11NO.ClH/c1-5(2)4(7)3-6-5;/h4,6-7H,3H2,1-2H3;1H/t4-;/m1./s1. The number of aliphatic hydroxyl groups is 1. The Morgan fingerprint density at radius 2 is 2.00 bits per heavy atom. The van der Waals surface area contributed by atoms with Crippen LogP contribution in [0.2, 0.25) is 0 Å². The van der Waals surface area contributed by atoms with E-state index in [1.165, 1.54) is 0 Å². The zero-order chi connectivity index (χ0) is 5.49. The van der Waals surface area contributed by atoms with E-state index in [9.17, 15) is 0 Å². The van der Waals surface area contributed by atoms with Crippen molar-refractivity contribution in [2.75, 3.05) is 6.54 Å². The van der Waals surface area contributed by atoms with Gasteiger partial charge in [0.05, 0.1) is 6.10 Å². The van der Waals surface area contributed by atoms with Crippen LogP contribution in [0.5, 0.6) is 0 Å². The quantitative estimate of drug-likeness (QED) is 0.498. The van der Waals surface area contributed by atoms with Gasteiger partial charge >= 0.3 is 0 Å². The van der Waals surface area contributed by atoms with Crippen molar-refractivity contribution in [3.8, 4) is 0 Å². The van der Waals surface area contributed by atoms with Gasteiger partial charge in [0.2, 0.25) is 0 Å². The number of nitrogens with one attached hydrogen (secondary N) is 1. The molecular weight excluding hydrogens is 126 g/mol. The lowest BCUT2D eigenvalue weighted by Gasteiger charge is -2.42. The summed E-state index contributed by atoms with van der Waals surface area (Å²) < 4.78 is 0. The molecule has 0 saturated carbocycles. The van der Waals surface area contributed by atoms with Crippen LogP contribution in [0.3, 0.4) is 0 Å². The first-order chi connectivity index (χ1) is 3.13. The van der Waals surface area contributed by atoms with Gasteiger partial charge in [-0.05, 0) is 13.8 Å². The van der Waals surface area contributed by atoms with E-state index in [1.54, 1.807) is 0 Å². The van der Waals surface area contributed by atoms with E-state index in [4.69, 9.17) is 5.11 Å². The molecule has 0 aromatic carbocycles. The van der Waals surface area contributed by atoms with E-state index in [0.717, 1.165) is 6.54 Å². The third kappa shape index (κ3) is 1.13. The van der Waals surface area contributed by atoms with Gasteiger partial charge in [-0.2, -0.15) is 0 Å². The molecule has 0 amide bonds. The van der Waals surface area contributed by atoms with E-state index in [1.807, 2.05) is 13.8 Å². The van der Waals surface area contributed by atoms with Crippen molar-refractivity contribution in [2.24, 2.45) is 0 Å². The van der Waals surface area contributed by atoms with Gasteiger partial charge in [-0.25, -0.2) is 0 Å². The Hall–Kier alpha value is 0.210. The maximum Gasteiger partial charge on any atom is 0.0840 e. The monoisotopic (exact) mass is 137 g/mol. The highest BCUT2D eigenvalue weighted by Gasteiger charge is 2.35. The average molecular weight is 138 g/mol. The summed E-state index contributed by atoms with van der Waals surface area (Å²) in [5.74, 6) is 0. The smallest absolute Gasteiger partial charge is 0.0840 e. The van der Waals surface area contributed by atoms with Crippen LogP contribution in [0.25, 0.3) is 0 Å².